The highest BCUT2D eigenvalue weighted by Crippen LogP contribution is 2.28. The van der Waals surface area contributed by atoms with Crippen molar-refractivity contribution in [2.45, 2.75) is 0 Å². The van der Waals surface area contributed by atoms with Crippen molar-refractivity contribution >= 4 is 11.9 Å². The van der Waals surface area contributed by atoms with Crippen molar-refractivity contribution in [1.29, 1.82) is 0 Å². The van der Waals surface area contributed by atoms with Gasteiger partial charge in [-0.15, -0.1) is 0 Å². The van der Waals surface area contributed by atoms with E-state index < -0.39 is 29.1 Å². The van der Waals surface area contributed by atoms with E-state index >= 15 is 0 Å². The molecule has 0 spiro atoms. The molecule has 0 aliphatic rings. The van der Waals surface area contributed by atoms with Crippen LogP contribution >= 0.6 is 0 Å². The Morgan fingerprint density at radius 2 is 1.55 bits per heavy atom. The molecule has 2 aromatic carbocycles. The number of carbonyl (C=O) groups is 2. The monoisotopic (exact) mass is 278 g/mol. The third-order valence-electron chi connectivity index (χ3n) is 2.72. The fraction of sp³-hybridized carbons (Fsp3) is 0. The number of carboxylic acid groups (broad SMARTS) is 2. The van der Waals surface area contributed by atoms with Gasteiger partial charge in [0.25, 0.3) is 0 Å². The van der Waals surface area contributed by atoms with Crippen molar-refractivity contribution in [2.75, 3.05) is 0 Å². The van der Waals surface area contributed by atoms with Gasteiger partial charge in [0.1, 0.15) is 11.6 Å². The second kappa shape index (κ2) is 5.08. The minimum atomic E-state index is -1.42. The van der Waals surface area contributed by atoms with Crippen LogP contribution in [0.5, 0.6) is 0 Å². The van der Waals surface area contributed by atoms with Crippen molar-refractivity contribution in [3.05, 3.63) is 59.2 Å². The number of benzene rings is 2. The summed E-state index contributed by atoms with van der Waals surface area (Å²) in [4.78, 5) is 22.0. The maximum absolute atomic E-state index is 13.7. The first-order valence-corrected chi connectivity index (χ1v) is 5.46. The maximum atomic E-state index is 13.7. The van der Waals surface area contributed by atoms with E-state index in [4.69, 9.17) is 10.2 Å². The lowest BCUT2D eigenvalue weighted by atomic mass is 9.97. The summed E-state index contributed by atoms with van der Waals surface area (Å²) < 4.78 is 26.8. The number of halogens is 2. The van der Waals surface area contributed by atoms with Crippen LogP contribution in [0, 0.1) is 11.6 Å². The highest BCUT2D eigenvalue weighted by Gasteiger charge is 2.18. The fourth-order valence-electron chi connectivity index (χ4n) is 1.79. The van der Waals surface area contributed by atoms with Crippen LogP contribution in [0.1, 0.15) is 20.7 Å². The molecular weight excluding hydrogens is 270 g/mol. The third-order valence-corrected chi connectivity index (χ3v) is 2.72. The highest BCUT2D eigenvalue weighted by atomic mass is 19.1. The van der Waals surface area contributed by atoms with Gasteiger partial charge in [0.05, 0.1) is 11.1 Å². The molecule has 20 heavy (non-hydrogen) atoms. The van der Waals surface area contributed by atoms with Crippen LogP contribution in [0.3, 0.4) is 0 Å². The van der Waals surface area contributed by atoms with Crippen LogP contribution in [0.15, 0.2) is 36.4 Å². The van der Waals surface area contributed by atoms with E-state index in [1.165, 1.54) is 0 Å². The fourth-order valence-corrected chi connectivity index (χ4v) is 1.79. The summed E-state index contributed by atoms with van der Waals surface area (Å²) in [6.07, 6.45) is 0. The molecule has 0 radical (unpaired) electrons. The van der Waals surface area contributed by atoms with Gasteiger partial charge in [0, 0.05) is 5.56 Å². The Balaban J connectivity index is 2.70. The molecule has 2 N–H and O–H groups in total. The minimum Gasteiger partial charge on any atom is -0.478 e. The van der Waals surface area contributed by atoms with Crippen LogP contribution in [0.4, 0.5) is 8.78 Å². The Hall–Kier alpha value is -2.76. The number of rotatable bonds is 3. The van der Waals surface area contributed by atoms with E-state index in [0.29, 0.717) is 0 Å². The summed E-state index contributed by atoms with van der Waals surface area (Å²) in [5.74, 6) is -4.25. The molecule has 0 aliphatic carbocycles. The van der Waals surface area contributed by atoms with E-state index in [2.05, 4.69) is 0 Å². The largest absolute Gasteiger partial charge is 0.478 e. The lowest BCUT2D eigenvalue weighted by Gasteiger charge is -2.08. The molecule has 0 saturated carbocycles. The predicted molar refractivity (Wildman–Crippen MR) is 65.7 cm³/mol. The molecule has 0 bridgehead atoms. The molecule has 0 aromatic heterocycles. The zero-order valence-electron chi connectivity index (χ0n) is 9.93. The summed E-state index contributed by atoms with van der Waals surface area (Å²) in [6, 6.07) is 5.83. The first kappa shape index (κ1) is 13.7. The summed E-state index contributed by atoms with van der Waals surface area (Å²) in [5, 5.41) is 17.9. The van der Waals surface area contributed by atoms with Crippen LogP contribution in [-0.4, -0.2) is 22.2 Å². The standard InChI is InChI=1S/C14H8F2O4/c15-8-2-4-12(16)10(6-8)9-3-1-7(13(17)18)5-11(9)14(19)20/h1-6H,(H,17,18)(H,19,20). The molecule has 0 atom stereocenters. The maximum Gasteiger partial charge on any atom is 0.336 e. The molecule has 6 heteroatoms. The van der Waals surface area contributed by atoms with Crippen molar-refractivity contribution in [1.82, 2.24) is 0 Å². The first-order chi connectivity index (χ1) is 9.40. The van der Waals surface area contributed by atoms with Crippen LogP contribution in [0.2, 0.25) is 0 Å². The number of hydrogen-bond acceptors (Lipinski definition) is 2. The molecule has 2 rings (SSSR count). The quantitative estimate of drug-likeness (QED) is 0.905. The number of carboxylic acids is 2. The van der Waals surface area contributed by atoms with Crippen molar-refractivity contribution in [3.8, 4) is 11.1 Å². The Labute approximate surface area is 111 Å². The van der Waals surface area contributed by atoms with Gasteiger partial charge in [-0.2, -0.15) is 0 Å². The Morgan fingerprint density at radius 3 is 2.15 bits per heavy atom. The summed E-state index contributed by atoms with van der Waals surface area (Å²) in [6.45, 7) is 0. The lowest BCUT2D eigenvalue weighted by Crippen LogP contribution is -2.05. The van der Waals surface area contributed by atoms with E-state index in [1.54, 1.807) is 0 Å². The smallest absolute Gasteiger partial charge is 0.336 e. The third kappa shape index (κ3) is 2.49. The molecule has 4 nitrogen and oxygen atoms in total. The van der Waals surface area contributed by atoms with Crippen molar-refractivity contribution in [2.24, 2.45) is 0 Å². The average molecular weight is 278 g/mol. The molecule has 2 aromatic rings. The molecule has 102 valence electrons. The first-order valence-electron chi connectivity index (χ1n) is 5.46. The van der Waals surface area contributed by atoms with Gasteiger partial charge < -0.3 is 10.2 Å². The summed E-state index contributed by atoms with van der Waals surface area (Å²) >= 11 is 0. The Bertz CT molecular complexity index is 710. The molecule has 0 saturated heterocycles. The summed E-state index contributed by atoms with van der Waals surface area (Å²) in [5.41, 5.74) is -0.976. The van der Waals surface area contributed by atoms with E-state index in [-0.39, 0.29) is 16.7 Å². The Morgan fingerprint density at radius 1 is 0.850 bits per heavy atom. The van der Waals surface area contributed by atoms with Gasteiger partial charge in [-0.3, -0.25) is 0 Å². The average Bonchev–Trinajstić information content (AvgIpc) is 2.40. The predicted octanol–water partition coefficient (Wildman–Crippen LogP) is 3.03. The molecule has 0 unspecified atom stereocenters. The van der Waals surface area contributed by atoms with Gasteiger partial charge in [0.2, 0.25) is 0 Å². The van der Waals surface area contributed by atoms with Crippen LogP contribution in [0.25, 0.3) is 11.1 Å². The van der Waals surface area contributed by atoms with Gasteiger partial charge >= 0.3 is 11.9 Å². The SMILES string of the molecule is O=C(O)c1ccc(-c2cc(F)ccc2F)c(C(=O)O)c1. The zero-order chi connectivity index (χ0) is 14.9. The van der Waals surface area contributed by atoms with Crippen molar-refractivity contribution in [3.63, 3.8) is 0 Å². The van der Waals surface area contributed by atoms with Crippen LogP contribution < -0.4 is 0 Å². The van der Waals surface area contributed by atoms with Gasteiger partial charge in [-0.25, -0.2) is 18.4 Å². The topological polar surface area (TPSA) is 74.6 Å². The highest BCUT2D eigenvalue weighted by molar-refractivity contribution is 5.99. The zero-order valence-corrected chi connectivity index (χ0v) is 9.93. The van der Waals surface area contributed by atoms with Gasteiger partial charge in [-0.1, -0.05) is 6.07 Å². The van der Waals surface area contributed by atoms with E-state index in [9.17, 15) is 18.4 Å². The second-order valence-corrected chi connectivity index (χ2v) is 3.99. The van der Waals surface area contributed by atoms with E-state index in [1.807, 2.05) is 0 Å². The lowest BCUT2D eigenvalue weighted by molar-refractivity contribution is 0.0696. The molecule has 0 amide bonds. The molecule has 0 aliphatic heterocycles. The number of aromatic carboxylic acids is 2. The van der Waals surface area contributed by atoms with Gasteiger partial charge in [0.15, 0.2) is 0 Å². The second-order valence-electron chi connectivity index (χ2n) is 3.99. The Kier molecular flexibility index (Phi) is 3.47. The molecular formula is C14H8F2O4. The van der Waals surface area contributed by atoms with Crippen molar-refractivity contribution < 1.29 is 28.6 Å². The normalized spacial score (nSPS) is 10.3. The minimum absolute atomic E-state index is 0.0838. The number of hydrogen-bond donors (Lipinski definition) is 2. The molecule has 0 fully saturated rings. The van der Waals surface area contributed by atoms with Gasteiger partial charge in [-0.05, 0) is 35.9 Å². The molecule has 0 heterocycles. The summed E-state index contributed by atoms with van der Waals surface area (Å²) in [7, 11) is 0. The van der Waals surface area contributed by atoms with Crippen LogP contribution in [-0.2, 0) is 0 Å². The van der Waals surface area contributed by atoms with E-state index in [0.717, 1.165) is 36.4 Å².